The van der Waals surface area contributed by atoms with Crippen molar-refractivity contribution in [2.75, 3.05) is 0 Å². The number of aryl methyl sites for hydroxylation is 1. The predicted octanol–water partition coefficient (Wildman–Crippen LogP) is 0.725. The lowest BCUT2D eigenvalue weighted by molar-refractivity contribution is 0.592. The molecule has 0 unspecified atom stereocenters. The Hall–Kier alpha value is -0.880. The molecule has 1 fully saturated rings. The lowest BCUT2D eigenvalue weighted by Gasteiger charge is -2.06. The third-order valence-corrected chi connectivity index (χ3v) is 3.80. The molecule has 1 heterocycles. The standard InChI is InChI=1S/C9H15N3O2S/c1-12-6-8(15(10,13)14)9(11-12)7-4-2-3-5-7/h6-7H,2-5H2,1H3,(H2,10,13,14). The number of hydrogen-bond acceptors (Lipinski definition) is 3. The smallest absolute Gasteiger partial charge is 0.241 e. The highest BCUT2D eigenvalue weighted by molar-refractivity contribution is 7.89. The summed E-state index contributed by atoms with van der Waals surface area (Å²) in [5.41, 5.74) is 0.650. The summed E-state index contributed by atoms with van der Waals surface area (Å²) >= 11 is 0. The number of nitrogens with zero attached hydrogens (tertiary/aromatic N) is 2. The second-order valence-electron chi connectivity index (χ2n) is 4.08. The van der Waals surface area contributed by atoms with Crippen LogP contribution in [-0.4, -0.2) is 18.2 Å². The van der Waals surface area contributed by atoms with E-state index in [9.17, 15) is 8.42 Å². The predicted molar refractivity (Wildman–Crippen MR) is 55.8 cm³/mol. The summed E-state index contributed by atoms with van der Waals surface area (Å²) in [6, 6.07) is 0. The van der Waals surface area contributed by atoms with E-state index >= 15 is 0 Å². The lowest BCUT2D eigenvalue weighted by Crippen LogP contribution is -2.14. The molecule has 0 atom stereocenters. The monoisotopic (exact) mass is 229 g/mol. The average molecular weight is 229 g/mol. The van der Waals surface area contributed by atoms with E-state index in [4.69, 9.17) is 5.14 Å². The van der Waals surface area contributed by atoms with E-state index in [1.54, 1.807) is 7.05 Å². The van der Waals surface area contributed by atoms with E-state index in [0.29, 0.717) is 5.69 Å². The zero-order chi connectivity index (χ0) is 11.1. The molecule has 2 N–H and O–H groups in total. The van der Waals surface area contributed by atoms with E-state index in [1.165, 1.54) is 10.9 Å². The Bertz CT molecular complexity index is 458. The van der Waals surface area contributed by atoms with Gasteiger partial charge in [-0.2, -0.15) is 5.10 Å². The van der Waals surface area contributed by atoms with Gasteiger partial charge in [-0.15, -0.1) is 0 Å². The van der Waals surface area contributed by atoms with Crippen LogP contribution in [0.25, 0.3) is 0 Å². The van der Waals surface area contributed by atoms with E-state index in [2.05, 4.69) is 5.10 Å². The van der Waals surface area contributed by atoms with Crippen molar-refractivity contribution in [3.8, 4) is 0 Å². The molecule has 1 saturated carbocycles. The van der Waals surface area contributed by atoms with Crippen molar-refractivity contribution in [3.63, 3.8) is 0 Å². The Balaban J connectivity index is 2.46. The summed E-state index contributed by atoms with van der Waals surface area (Å²) in [7, 11) is -1.92. The topological polar surface area (TPSA) is 78.0 Å². The first-order chi connectivity index (χ1) is 6.98. The molecule has 0 spiro atoms. The fraction of sp³-hybridized carbons (Fsp3) is 0.667. The summed E-state index contributed by atoms with van der Waals surface area (Å²) in [6.45, 7) is 0. The molecule has 2 rings (SSSR count). The quantitative estimate of drug-likeness (QED) is 0.811. The number of hydrogen-bond donors (Lipinski definition) is 1. The summed E-state index contributed by atoms with van der Waals surface area (Å²) in [5.74, 6) is 0.263. The molecule has 5 nitrogen and oxygen atoms in total. The molecule has 0 amide bonds. The highest BCUT2D eigenvalue weighted by atomic mass is 32.2. The van der Waals surface area contributed by atoms with Crippen molar-refractivity contribution in [2.45, 2.75) is 36.5 Å². The fourth-order valence-corrected chi connectivity index (χ4v) is 2.98. The van der Waals surface area contributed by atoms with Gasteiger partial charge in [0.05, 0.1) is 5.69 Å². The SMILES string of the molecule is Cn1cc(S(N)(=O)=O)c(C2CCCC2)n1. The van der Waals surface area contributed by atoms with Gasteiger partial charge in [-0.3, -0.25) is 4.68 Å². The minimum atomic E-state index is -3.63. The molecule has 0 saturated heterocycles. The number of primary sulfonamides is 1. The minimum Gasteiger partial charge on any atom is -0.274 e. The second kappa shape index (κ2) is 3.61. The molecule has 6 heteroatoms. The Kier molecular flexibility index (Phi) is 2.56. The van der Waals surface area contributed by atoms with Crippen LogP contribution in [0.3, 0.4) is 0 Å². The largest absolute Gasteiger partial charge is 0.274 e. The molecule has 0 aliphatic heterocycles. The van der Waals surface area contributed by atoms with Crippen LogP contribution in [0.2, 0.25) is 0 Å². The molecule has 1 aliphatic carbocycles. The Morgan fingerprint density at radius 3 is 2.60 bits per heavy atom. The van der Waals surface area contributed by atoms with Gasteiger partial charge in [0, 0.05) is 19.2 Å². The van der Waals surface area contributed by atoms with Crippen molar-refractivity contribution in [2.24, 2.45) is 12.2 Å². The van der Waals surface area contributed by atoms with Crippen molar-refractivity contribution in [1.29, 1.82) is 0 Å². The van der Waals surface area contributed by atoms with Gasteiger partial charge < -0.3 is 0 Å². The maximum Gasteiger partial charge on any atom is 0.241 e. The van der Waals surface area contributed by atoms with Crippen LogP contribution in [0, 0.1) is 0 Å². The van der Waals surface area contributed by atoms with Crippen LogP contribution < -0.4 is 5.14 Å². The molecule has 15 heavy (non-hydrogen) atoms. The minimum absolute atomic E-state index is 0.192. The summed E-state index contributed by atoms with van der Waals surface area (Å²) < 4.78 is 24.2. The molecule has 1 aromatic rings. The van der Waals surface area contributed by atoms with Crippen LogP contribution >= 0.6 is 0 Å². The zero-order valence-electron chi connectivity index (χ0n) is 8.68. The molecule has 1 aromatic heterocycles. The second-order valence-corrected chi connectivity index (χ2v) is 5.61. The number of sulfonamides is 1. The maximum absolute atomic E-state index is 11.3. The highest BCUT2D eigenvalue weighted by Gasteiger charge is 2.27. The van der Waals surface area contributed by atoms with E-state index in [0.717, 1.165) is 25.7 Å². The van der Waals surface area contributed by atoms with Crippen LogP contribution in [-0.2, 0) is 17.1 Å². The van der Waals surface area contributed by atoms with Gasteiger partial charge >= 0.3 is 0 Å². The molecular weight excluding hydrogens is 214 g/mol. The first-order valence-electron chi connectivity index (χ1n) is 5.05. The van der Waals surface area contributed by atoms with Crippen LogP contribution in [0.5, 0.6) is 0 Å². The van der Waals surface area contributed by atoms with Gasteiger partial charge in [0.25, 0.3) is 0 Å². The fourth-order valence-electron chi connectivity index (χ4n) is 2.19. The normalized spacial score (nSPS) is 18.5. The van der Waals surface area contributed by atoms with Crippen LogP contribution in [0.15, 0.2) is 11.1 Å². The van der Waals surface area contributed by atoms with Gasteiger partial charge in [0.1, 0.15) is 4.90 Å². The first-order valence-corrected chi connectivity index (χ1v) is 6.59. The molecule has 0 aromatic carbocycles. The number of nitrogens with two attached hydrogens (primary N) is 1. The maximum atomic E-state index is 11.3. The summed E-state index contributed by atoms with van der Waals surface area (Å²) in [6.07, 6.45) is 5.80. The van der Waals surface area contributed by atoms with Crippen molar-refractivity contribution in [1.82, 2.24) is 9.78 Å². The molecule has 0 bridgehead atoms. The van der Waals surface area contributed by atoms with E-state index in [-0.39, 0.29) is 10.8 Å². The van der Waals surface area contributed by atoms with Crippen LogP contribution in [0.4, 0.5) is 0 Å². The Morgan fingerprint density at radius 1 is 1.47 bits per heavy atom. The van der Waals surface area contributed by atoms with Gasteiger partial charge in [0.15, 0.2) is 0 Å². The Morgan fingerprint density at radius 2 is 2.07 bits per heavy atom. The molecule has 0 radical (unpaired) electrons. The number of aromatic nitrogens is 2. The molecule has 1 aliphatic rings. The van der Waals surface area contributed by atoms with E-state index < -0.39 is 10.0 Å². The van der Waals surface area contributed by atoms with Crippen molar-refractivity contribution in [3.05, 3.63) is 11.9 Å². The number of rotatable bonds is 2. The van der Waals surface area contributed by atoms with E-state index in [1.807, 2.05) is 0 Å². The molecule has 84 valence electrons. The van der Waals surface area contributed by atoms with Crippen molar-refractivity contribution < 1.29 is 8.42 Å². The third-order valence-electron chi connectivity index (χ3n) is 2.87. The van der Waals surface area contributed by atoms with Gasteiger partial charge in [0.2, 0.25) is 10.0 Å². The Labute approximate surface area is 89.3 Å². The summed E-state index contributed by atoms with van der Waals surface area (Å²) in [4.78, 5) is 0.192. The van der Waals surface area contributed by atoms with Gasteiger partial charge in [-0.1, -0.05) is 12.8 Å². The first kappa shape index (κ1) is 10.6. The lowest BCUT2D eigenvalue weighted by atomic mass is 10.1. The van der Waals surface area contributed by atoms with Crippen molar-refractivity contribution >= 4 is 10.0 Å². The average Bonchev–Trinajstić information content (AvgIpc) is 2.68. The highest BCUT2D eigenvalue weighted by Crippen LogP contribution is 2.35. The van der Waals surface area contributed by atoms with Gasteiger partial charge in [-0.25, -0.2) is 13.6 Å². The zero-order valence-corrected chi connectivity index (χ0v) is 9.50. The third kappa shape index (κ3) is 2.05. The van der Waals surface area contributed by atoms with Gasteiger partial charge in [-0.05, 0) is 12.8 Å². The van der Waals surface area contributed by atoms with Crippen LogP contribution in [0.1, 0.15) is 37.3 Å². The molecular formula is C9H15N3O2S. The summed E-state index contributed by atoms with van der Waals surface area (Å²) in [5, 5.41) is 9.37.